The predicted molar refractivity (Wildman–Crippen MR) is 74.1 cm³/mol. The van der Waals surface area contributed by atoms with Gasteiger partial charge >= 0.3 is 11.8 Å². The third-order valence-corrected chi connectivity index (χ3v) is 3.98. The SMILES string of the molecule is CCCn1ncnc1CN1CC2CNCCN2C(=O)C1=O. The van der Waals surface area contributed by atoms with Gasteiger partial charge in [-0.1, -0.05) is 6.92 Å². The van der Waals surface area contributed by atoms with Gasteiger partial charge in [-0.05, 0) is 6.42 Å². The molecule has 0 aromatic carbocycles. The van der Waals surface area contributed by atoms with Gasteiger partial charge < -0.3 is 15.1 Å². The van der Waals surface area contributed by atoms with Crippen LogP contribution in [0.3, 0.4) is 0 Å². The quantitative estimate of drug-likeness (QED) is 0.707. The van der Waals surface area contributed by atoms with Crippen molar-refractivity contribution in [3.05, 3.63) is 12.2 Å². The van der Waals surface area contributed by atoms with E-state index in [0.717, 1.165) is 31.9 Å². The molecule has 8 heteroatoms. The predicted octanol–water partition coefficient (Wildman–Crippen LogP) is -1.17. The molecule has 21 heavy (non-hydrogen) atoms. The first kappa shape index (κ1) is 14.0. The molecule has 2 aliphatic rings. The fourth-order valence-electron chi connectivity index (χ4n) is 2.90. The third kappa shape index (κ3) is 2.63. The smallest absolute Gasteiger partial charge is 0.312 e. The summed E-state index contributed by atoms with van der Waals surface area (Å²) in [5.41, 5.74) is 0. The molecule has 2 saturated heterocycles. The topological polar surface area (TPSA) is 83.4 Å². The van der Waals surface area contributed by atoms with Crippen molar-refractivity contribution in [2.24, 2.45) is 0 Å². The maximum absolute atomic E-state index is 12.2. The van der Waals surface area contributed by atoms with Gasteiger partial charge in [0.25, 0.3) is 0 Å². The standard InChI is InChI=1S/C13H20N6O2/c1-2-4-19-11(15-9-16-19)8-17-7-10-6-14-3-5-18(10)13(21)12(17)20/h9-10,14H,2-8H2,1H3. The molecule has 2 aliphatic heterocycles. The zero-order chi connectivity index (χ0) is 14.8. The van der Waals surface area contributed by atoms with Crippen LogP contribution in [0, 0.1) is 0 Å². The summed E-state index contributed by atoms with van der Waals surface area (Å²) in [6, 6.07) is 0.0616. The number of nitrogens with zero attached hydrogens (tertiary/aromatic N) is 5. The first-order valence-corrected chi connectivity index (χ1v) is 7.38. The Balaban J connectivity index is 1.74. The minimum absolute atomic E-state index is 0.0616. The third-order valence-electron chi connectivity index (χ3n) is 3.98. The minimum atomic E-state index is -0.431. The second kappa shape index (κ2) is 5.80. The molecule has 114 valence electrons. The molecule has 0 bridgehead atoms. The maximum Gasteiger partial charge on any atom is 0.312 e. The van der Waals surface area contributed by atoms with Crippen LogP contribution in [-0.2, 0) is 22.7 Å². The lowest BCUT2D eigenvalue weighted by molar-refractivity contribution is -0.160. The largest absolute Gasteiger partial charge is 0.327 e. The number of aryl methyl sites for hydroxylation is 1. The minimum Gasteiger partial charge on any atom is -0.327 e. The zero-order valence-electron chi connectivity index (χ0n) is 12.2. The highest BCUT2D eigenvalue weighted by molar-refractivity contribution is 6.35. The van der Waals surface area contributed by atoms with E-state index in [0.29, 0.717) is 19.6 Å². The van der Waals surface area contributed by atoms with Crippen molar-refractivity contribution in [3.8, 4) is 0 Å². The molecule has 0 spiro atoms. The Hall–Kier alpha value is -1.96. The Morgan fingerprint density at radius 1 is 1.38 bits per heavy atom. The fraction of sp³-hybridized carbons (Fsp3) is 0.692. The van der Waals surface area contributed by atoms with Gasteiger partial charge in [-0.25, -0.2) is 9.67 Å². The monoisotopic (exact) mass is 292 g/mol. The molecule has 1 aromatic rings. The van der Waals surface area contributed by atoms with Crippen molar-refractivity contribution >= 4 is 11.8 Å². The van der Waals surface area contributed by atoms with E-state index in [1.807, 2.05) is 0 Å². The lowest BCUT2D eigenvalue weighted by atomic mass is 10.1. The summed E-state index contributed by atoms with van der Waals surface area (Å²) in [6.45, 7) is 5.81. The van der Waals surface area contributed by atoms with Gasteiger partial charge in [-0.15, -0.1) is 0 Å². The summed E-state index contributed by atoms with van der Waals surface area (Å²) < 4.78 is 1.79. The van der Waals surface area contributed by atoms with Crippen molar-refractivity contribution in [1.82, 2.24) is 29.9 Å². The van der Waals surface area contributed by atoms with E-state index < -0.39 is 11.8 Å². The van der Waals surface area contributed by atoms with Crippen LogP contribution in [0.1, 0.15) is 19.2 Å². The number of hydrogen-bond acceptors (Lipinski definition) is 5. The summed E-state index contributed by atoms with van der Waals surface area (Å²) in [7, 11) is 0. The fourth-order valence-corrected chi connectivity index (χ4v) is 2.90. The number of hydrogen-bond donors (Lipinski definition) is 1. The number of nitrogens with one attached hydrogen (secondary N) is 1. The number of fused-ring (bicyclic) bond motifs is 1. The van der Waals surface area contributed by atoms with Crippen molar-refractivity contribution in [2.45, 2.75) is 32.5 Å². The van der Waals surface area contributed by atoms with Gasteiger partial charge in [0.1, 0.15) is 12.2 Å². The molecule has 0 saturated carbocycles. The van der Waals surface area contributed by atoms with Gasteiger partial charge in [0, 0.05) is 32.7 Å². The Labute approximate surface area is 123 Å². The Morgan fingerprint density at radius 2 is 2.24 bits per heavy atom. The molecule has 8 nitrogen and oxygen atoms in total. The molecular weight excluding hydrogens is 272 g/mol. The van der Waals surface area contributed by atoms with Crippen molar-refractivity contribution in [2.75, 3.05) is 26.2 Å². The zero-order valence-corrected chi connectivity index (χ0v) is 12.2. The molecule has 0 aliphatic carbocycles. The van der Waals surface area contributed by atoms with E-state index in [-0.39, 0.29) is 6.04 Å². The Morgan fingerprint density at radius 3 is 3.05 bits per heavy atom. The van der Waals surface area contributed by atoms with Crippen LogP contribution in [0.25, 0.3) is 0 Å². The van der Waals surface area contributed by atoms with Gasteiger partial charge in [-0.3, -0.25) is 9.59 Å². The number of rotatable bonds is 4. The summed E-state index contributed by atoms with van der Waals surface area (Å²) >= 11 is 0. The van der Waals surface area contributed by atoms with Crippen LogP contribution in [-0.4, -0.2) is 68.6 Å². The van der Waals surface area contributed by atoms with Gasteiger partial charge in [0.05, 0.1) is 12.6 Å². The number of piperazine rings is 2. The molecule has 1 atom stereocenters. The van der Waals surface area contributed by atoms with E-state index in [9.17, 15) is 9.59 Å². The summed E-state index contributed by atoms with van der Waals surface area (Å²) in [6.07, 6.45) is 2.44. The molecule has 0 radical (unpaired) electrons. The average molecular weight is 292 g/mol. The highest BCUT2D eigenvalue weighted by Gasteiger charge is 2.40. The second-order valence-electron chi connectivity index (χ2n) is 5.44. The van der Waals surface area contributed by atoms with Gasteiger partial charge in [-0.2, -0.15) is 5.10 Å². The molecular formula is C13H20N6O2. The van der Waals surface area contributed by atoms with Crippen LogP contribution in [0.15, 0.2) is 6.33 Å². The van der Waals surface area contributed by atoms with Crippen LogP contribution < -0.4 is 5.32 Å². The lowest BCUT2D eigenvalue weighted by Gasteiger charge is -2.43. The molecule has 1 N–H and O–H groups in total. The van der Waals surface area contributed by atoms with Crippen LogP contribution in [0.5, 0.6) is 0 Å². The summed E-state index contributed by atoms with van der Waals surface area (Å²) in [5, 5.41) is 7.42. The first-order chi connectivity index (χ1) is 10.2. The lowest BCUT2D eigenvalue weighted by Crippen LogP contribution is -2.65. The van der Waals surface area contributed by atoms with Crippen molar-refractivity contribution in [3.63, 3.8) is 0 Å². The van der Waals surface area contributed by atoms with E-state index >= 15 is 0 Å². The van der Waals surface area contributed by atoms with E-state index in [1.165, 1.54) is 6.33 Å². The summed E-state index contributed by atoms with van der Waals surface area (Å²) in [4.78, 5) is 31.9. The molecule has 1 unspecified atom stereocenters. The molecule has 3 heterocycles. The number of amides is 2. The molecule has 3 rings (SSSR count). The molecule has 1 aromatic heterocycles. The van der Waals surface area contributed by atoms with Crippen molar-refractivity contribution < 1.29 is 9.59 Å². The van der Waals surface area contributed by atoms with E-state index in [2.05, 4.69) is 22.3 Å². The normalized spacial score (nSPS) is 22.6. The Kier molecular flexibility index (Phi) is 3.87. The van der Waals surface area contributed by atoms with E-state index in [4.69, 9.17) is 0 Å². The number of carbonyl (C=O) groups is 2. The average Bonchev–Trinajstić information content (AvgIpc) is 2.92. The molecule has 2 amide bonds. The van der Waals surface area contributed by atoms with Crippen LogP contribution >= 0.6 is 0 Å². The number of carbonyl (C=O) groups excluding carboxylic acids is 2. The van der Waals surface area contributed by atoms with Crippen LogP contribution in [0.4, 0.5) is 0 Å². The first-order valence-electron chi connectivity index (χ1n) is 7.38. The van der Waals surface area contributed by atoms with Gasteiger partial charge in [0.2, 0.25) is 0 Å². The van der Waals surface area contributed by atoms with Gasteiger partial charge in [0.15, 0.2) is 0 Å². The second-order valence-corrected chi connectivity index (χ2v) is 5.44. The molecule has 2 fully saturated rings. The van der Waals surface area contributed by atoms with E-state index in [1.54, 1.807) is 14.5 Å². The highest BCUT2D eigenvalue weighted by Crippen LogP contribution is 2.16. The number of aromatic nitrogens is 3. The Bertz CT molecular complexity index is 543. The summed E-state index contributed by atoms with van der Waals surface area (Å²) in [5.74, 6) is -0.0938. The highest BCUT2D eigenvalue weighted by atomic mass is 16.2. The maximum atomic E-state index is 12.2. The van der Waals surface area contributed by atoms with Crippen LogP contribution in [0.2, 0.25) is 0 Å². The van der Waals surface area contributed by atoms with Crippen molar-refractivity contribution in [1.29, 1.82) is 0 Å².